The molecule has 3 N–H and O–H groups in total. The molecule has 5 nitrogen and oxygen atoms in total. The smallest absolute Gasteiger partial charge is 0.223 e. The van der Waals surface area contributed by atoms with Gasteiger partial charge in [0.15, 0.2) is 0 Å². The van der Waals surface area contributed by atoms with Gasteiger partial charge in [0.05, 0.1) is 0 Å². The zero-order valence-corrected chi connectivity index (χ0v) is 10.2. The molecule has 0 spiro atoms. The van der Waals surface area contributed by atoms with E-state index in [0.29, 0.717) is 13.0 Å². The van der Waals surface area contributed by atoms with E-state index in [1.807, 2.05) is 4.90 Å². The van der Waals surface area contributed by atoms with E-state index in [2.05, 4.69) is 5.32 Å². The summed E-state index contributed by atoms with van der Waals surface area (Å²) >= 11 is 0. The van der Waals surface area contributed by atoms with Gasteiger partial charge in [-0.05, 0) is 25.7 Å². The highest BCUT2D eigenvalue weighted by molar-refractivity contribution is 5.81. The maximum atomic E-state index is 11.6. The van der Waals surface area contributed by atoms with E-state index in [4.69, 9.17) is 5.73 Å². The van der Waals surface area contributed by atoms with Gasteiger partial charge >= 0.3 is 0 Å². The normalized spacial score (nSPS) is 21.4. The number of amides is 2. The second-order valence-electron chi connectivity index (χ2n) is 4.98. The fourth-order valence-electron chi connectivity index (χ4n) is 2.22. The number of carbonyl (C=O) groups is 2. The average Bonchev–Trinajstić information content (AvgIpc) is 3.14. The van der Waals surface area contributed by atoms with Crippen molar-refractivity contribution in [2.75, 3.05) is 19.6 Å². The molecule has 2 rings (SSSR count). The van der Waals surface area contributed by atoms with Crippen molar-refractivity contribution in [1.82, 2.24) is 10.2 Å². The fraction of sp³-hybridized carbons (Fsp3) is 0.833. The first kappa shape index (κ1) is 12.4. The van der Waals surface area contributed by atoms with Gasteiger partial charge < -0.3 is 16.0 Å². The number of hydrogen-bond acceptors (Lipinski definition) is 3. The Morgan fingerprint density at radius 3 is 2.35 bits per heavy atom. The first-order valence-electron chi connectivity index (χ1n) is 6.49. The van der Waals surface area contributed by atoms with Gasteiger partial charge in [-0.3, -0.25) is 9.59 Å². The summed E-state index contributed by atoms with van der Waals surface area (Å²) in [7, 11) is 0. The lowest BCUT2D eigenvalue weighted by molar-refractivity contribution is -0.132. The molecule has 1 saturated carbocycles. The van der Waals surface area contributed by atoms with Gasteiger partial charge in [0.25, 0.3) is 0 Å². The summed E-state index contributed by atoms with van der Waals surface area (Å²) in [5.41, 5.74) is 5.37. The van der Waals surface area contributed by atoms with Crippen molar-refractivity contribution in [3.63, 3.8) is 0 Å². The van der Waals surface area contributed by atoms with Crippen LogP contribution in [0.2, 0.25) is 0 Å². The van der Waals surface area contributed by atoms with E-state index in [1.165, 1.54) is 0 Å². The van der Waals surface area contributed by atoms with Crippen LogP contribution in [0, 0.1) is 5.92 Å². The summed E-state index contributed by atoms with van der Waals surface area (Å²) in [6, 6.07) is 0.255. The van der Waals surface area contributed by atoms with Crippen LogP contribution in [0.4, 0.5) is 0 Å². The predicted molar refractivity (Wildman–Crippen MR) is 64.1 cm³/mol. The monoisotopic (exact) mass is 239 g/mol. The molecule has 1 aliphatic carbocycles. The Labute approximate surface area is 102 Å². The predicted octanol–water partition coefficient (Wildman–Crippen LogP) is -0.148. The maximum absolute atomic E-state index is 11.6. The number of piperidine rings is 1. The minimum absolute atomic E-state index is 0.138. The summed E-state index contributed by atoms with van der Waals surface area (Å²) < 4.78 is 0. The number of likely N-dealkylation sites (tertiary alicyclic amines) is 1. The van der Waals surface area contributed by atoms with Gasteiger partial charge in [0, 0.05) is 38.0 Å². The topological polar surface area (TPSA) is 75.4 Å². The van der Waals surface area contributed by atoms with Gasteiger partial charge in [-0.2, -0.15) is 0 Å². The third-order valence-electron chi connectivity index (χ3n) is 3.50. The van der Waals surface area contributed by atoms with Gasteiger partial charge in [-0.1, -0.05) is 0 Å². The molecule has 17 heavy (non-hydrogen) atoms. The Kier molecular flexibility index (Phi) is 3.99. The Hall–Kier alpha value is -1.10. The molecule has 0 unspecified atom stereocenters. The molecule has 2 fully saturated rings. The third-order valence-corrected chi connectivity index (χ3v) is 3.50. The van der Waals surface area contributed by atoms with Gasteiger partial charge in [0.2, 0.25) is 11.8 Å². The molecule has 1 heterocycles. The maximum Gasteiger partial charge on any atom is 0.223 e. The molecular formula is C12H21N3O2. The molecule has 0 aromatic carbocycles. The van der Waals surface area contributed by atoms with Crippen LogP contribution in [0.25, 0.3) is 0 Å². The lowest BCUT2D eigenvalue weighted by Crippen LogP contribution is -2.47. The molecule has 5 heteroatoms. The summed E-state index contributed by atoms with van der Waals surface area (Å²) in [4.78, 5) is 25.0. The summed E-state index contributed by atoms with van der Waals surface area (Å²) in [6.45, 7) is 1.90. The highest BCUT2D eigenvalue weighted by Crippen LogP contribution is 2.29. The minimum Gasteiger partial charge on any atom is -0.353 e. The molecule has 0 bridgehead atoms. The van der Waals surface area contributed by atoms with Gasteiger partial charge in [-0.15, -0.1) is 0 Å². The van der Waals surface area contributed by atoms with Gasteiger partial charge in [-0.25, -0.2) is 0 Å². The second-order valence-corrected chi connectivity index (χ2v) is 4.98. The molecule has 1 aliphatic heterocycles. The fourth-order valence-corrected chi connectivity index (χ4v) is 2.22. The molecule has 2 aliphatic rings. The highest BCUT2D eigenvalue weighted by Gasteiger charge is 2.32. The van der Waals surface area contributed by atoms with E-state index in [-0.39, 0.29) is 23.8 Å². The van der Waals surface area contributed by atoms with E-state index < -0.39 is 0 Å². The largest absolute Gasteiger partial charge is 0.353 e. The lowest BCUT2D eigenvalue weighted by atomic mass is 10.0. The van der Waals surface area contributed by atoms with Crippen LogP contribution in [0.3, 0.4) is 0 Å². The second kappa shape index (κ2) is 5.49. The molecule has 0 aromatic rings. The number of rotatable bonds is 4. The zero-order chi connectivity index (χ0) is 12.3. The van der Waals surface area contributed by atoms with Crippen molar-refractivity contribution < 1.29 is 9.59 Å². The molecule has 96 valence electrons. The van der Waals surface area contributed by atoms with Gasteiger partial charge in [0.1, 0.15) is 0 Å². The van der Waals surface area contributed by atoms with Crippen molar-refractivity contribution in [2.45, 2.75) is 38.1 Å². The summed E-state index contributed by atoms with van der Waals surface area (Å²) in [5.74, 6) is 0.614. The van der Waals surface area contributed by atoms with Crippen LogP contribution in [0.15, 0.2) is 0 Å². The van der Waals surface area contributed by atoms with Crippen molar-refractivity contribution in [3.8, 4) is 0 Å². The van der Waals surface area contributed by atoms with Crippen molar-refractivity contribution >= 4 is 11.8 Å². The SMILES string of the molecule is NCCC(=O)N1CCC(NC(=O)C2CC2)CC1. The summed E-state index contributed by atoms with van der Waals surface area (Å²) in [6.07, 6.45) is 4.25. The lowest BCUT2D eigenvalue weighted by Gasteiger charge is -2.32. The Morgan fingerprint density at radius 2 is 1.82 bits per heavy atom. The van der Waals surface area contributed by atoms with Crippen molar-refractivity contribution in [2.24, 2.45) is 11.7 Å². The van der Waals surface area contributed by atoms with Crippen LogP contribution in [0.1, 0.15) is 32.1 Å². The van der Waals surface area contributed by atoms with Crippen LogP contribution >= 0.6 is 0 Å². The van der Waals surface area contributed by atoms with E-state index in [9.17, 15) is 9.59 Å². The molecule has 0 aromatic heterocycles. The average molecular weight is 239 g/mol. The number of nitrogens with one attached hydrogen (secondary N) is 1. The van der Waals surface area contributed by atoms with Crippen LogP contribution in [0.5, 0.6) is 0 Å². The van der Waals surface area contributed by atoms with Crippen LogP contribution in [-0.4, -0.2) is 42.4 Å². The van der Waals surface area contributed by atoms with Crippen molar-refractivity contribution in [1.29, 1.82) is 0 Å². The molecular weight excluding hydrogens is 218 g/mol. The van der Waals surface area contributed by atoms with E-state index in [0.717, 1.165) is 38.8 Å². The quantitative estimate of drug-likeness (QED) is 0.716. The van der Waals surface area contributed by atoms with E-state index >= 15 is 0 Å². The first-order chi connectivity index (χ1) is 8.20. The van der Waals surface area contributed by atoms with Crippen LogP contribution in [-0.2, 0) is 9.59 Å². The Balaban J connectivity index is 1.70. The van der Waals surface area contributed by atoms with E-state index in [1.54, 1.807) is 0 Å². The molecule has 0 radical (unpaired) electrons. The number of carbonyl (C=O) groups excluding carboxylic acids is 2. The zero-order valence-electron chi connectivity index (χ0n) is 10.2. The number of nitrogens with zero attached hydrogens (tertiary/aromatic N) is 1. The molecule has 2 amide bonds. The Morgan fingerprint density at radius 1 is 1.18 bits per heavy atom. The number of nitrogens with two attached hydrogens (primary N) is 1. The molecule has 0 atom stereocenters. The Bertz CT molecular complexity index is 294. The summed E-state index contributed by atoms with van der Waals surface area (Å²) in [5, 5.41) is 3.07. The van der Waals surface area contributed by atoms with Crippen molar-refractivity contribution in [3.05, 3.63) is 0 Å². The third kappa shape index (κ3) is 3.43. The highest BCUT2D eigenvalue weighted by atomic mass is 16.2. The molecule has 1 saturated heterocycles. The van der Waals surface area contributed by atoms with Crippen LogP contribution < -0.4 is 11.1 Å². The minimum atomic E-state index is 0.138. The standard InChI is InChI=1S/C12H21N3O2/c13-6-3-11(16)15-7-4-10(5-8-15)14-12(17)9-1-2-9/h9-10H,1-8,13H2,(H,14,17). The first-order valence-corrected chi connectivity index (χ1v) is 6.49. The number of hydrogen-bond donors (Lipinski definition) is 2.